The first-order valence-electron chi connectivity index (χ1n) is 7.30. The third-order valence-electron chi connectivity index (χ3n) is 3.11. The van der Waals surface area contributed by atoms with Gasteiger partial charge in [0.25, 0.3) is 5.91 Å². The fraction of sp³-hybridized carbons (Fsp3) is 0.438. The standard InChI is InChI=1S/C16H25N3O2S/c1-3-12-5-4-6-13(7-12)8-18-9-14(20)10-19-16(21)15(17)11-22-2/h4-7,11,14,18,20H,3,8-10,17H2,1-2H3,(H,19,21)/b15-11-. The molecule has 122 valence electrons. The van der Waals surface area contributed by atoms with E-state index in [0.29, 0.717) is 13.1 Å². The Morgan fingerprint density at radius 3 is 2.82 bits per heavy atom. The Balaban J connectivity index is 2.27. The van der Waals surface area contributed by atoms with Crippen LogP contribution in [-0.2, 0) is 17.8 Å². The molecule has 0 heterocycles. The van der Waals surface area contributed by atoms with Gasteiger partial charge in [-0.2, -0.15) is 0 Å². The van der Waals surface area contributed by atoms with E-state index < -0.39 is 6.10 Å². The van der Waals surface area contributed by atoms with Crippen molar-refractivity contribution in [3.05, 3.63) is 46.5 Å². The zero-order valence-electron chi connectivity index (χ0n) is 13.1. The Labute approximate surface area is 136 Å². The number of thioether (sulfide) groups is 1. The topological polar surface area (TPSA) is 87.4 Å². The van der Waals surface area contributed by atoms with Crippen LogP contribution in [0.2, 0.25) is 0 Å². The molecule has 1 rings (SSSR count). The maximum Gasteiger partial charge on any atom is 0.267 e. The van der Waals surface area contributed by atoms with E-state index >= 15 is 0 Å². The molecule has 0 aliphatic rings. The van der Waals surface area contributed by atoms with Crippen LogP contribution < -0.4 is 16.4 Å². The molecule has 1 unspecified atom stereocenters. The molecule has 0 saturated heterocycles. The van der Waals surface area contributed by atoms with Gasteiger partial charge in [0.05, 0.1) is 6.10 Å². The summed E-state index contributed by atoms with van der Waals surface area (Å²) in [6, 6.07) is 8.33. The maximum atomic E-state index is 11.6. The first-order chi connectivity index (χ1) is 10.6. The Kier molecular flexibility index (Phi) is 8.65. The summed E-state index contributed by atoms with van der Waals surface area (Å²) in [4.78, 5) is 11.6. The Morgan fingerprint density at radius 1 is 1.41 bits per heavy atom. The number of benzene rings is 1. The zero-order valence-corrected chi connectivity index (χ0v) is 14.0. The minimum Gasteiger partial charge on any atom is -0.394 e. The monoisotopic (exact) mass is 323 g/mol. The van der Waals surface area contributed by atoms with Crippen LogP contribution in [0.3, 0.4) is 0 Å². The molecule has 1 amide bonds. The van der Waals surface area contributed by atoms with Crippen molar-refractivity contribution in [2.75, 3.05) is 19.3 Å². The molecule has 22 heavy (non-hydrogen) atoms. The van der Waals surface area contributed by atoms with E-state index in [9.17, 15) is 9.90 Å². The highest BCUT2D eigenvalue weighted by Crippen LogP contribution is 2.05. The Bertz CT molecular complexity index is 506. The molecule has 0 aromatic heterocycles. The summed E-state index contributed by atoms with van der Waals surface area (Å²) in [6.45, 7) is 3.38. The number of carbonyl (C=O) groups is 1. The van der Waals surface area contributed by atoms with Gasteiger partial charge in [0, 0.05) is 19.6 Å². The smallest absolute Gasteiger partial charge is 0.267 e. The highest BCUT2D eigenvalue weighted by atomic mass is 32.2. The summed E-state index contributed by atoms with van der Waals surface area (Å²) in [7, 11) is 0. The van der Waals surface area contributed by atoms with E-state index in [1.165, 1.54) is 22.9 Å². The quantitative estimate of drug-likeness (QED) is 0.509. The number of carbonyl (C=O) groups excluding carboxylic acids is 1. The van der Waals surface area contributed by atoms with E-state index in [0.717, 1.165) is 6.42 Å². The lowest BCUT2D eigenvalue weighted by Crippen LogP contribution is -2.39. The van der Waals surface area contributed by atoms with Crippen molar-refractivity contribution in [1.29, 1.82) is 0 Å². The van der Waals surface area contributed by atoms with E-state index in [1.807, 2.05) is 18.4 Å². The summed E-state index contributed by atoms with van der Waals surface area (Å²) in [5.41, 5.74) is 8.18. The third kappa shape index (κ3) is 6.98. The molecule has 5 nitrogen and oxygen atoms in total. The van der Waals surface area contributed by atoms with Crippen LogP contribution in [0.25, 0.3) is 0 Å². The zero-order chi connectivity index (χ0) is 16.4. The van der Waals surface area contributed by atoms with E-state index in [-0.39, 0.29) is 18.1 Å². The average molecular weight is 323 g/mol. The minimum atomic E-state index is -0.652. The highest BCUT2D eigenvalue weighted by Gasteiger charge is 2.08. The second kappa shape index (κ2) is 10.3. The lowest BCUT2D eigenvalue weighted by molar-refractivity contribution is -0.118. The van der Waals surface area contributed by atoms with Crippen LogP contribution in [0.5, 0.6) is 0 Å². The largest absolute Gasteiger partial charge is 0.394 e. The van der Waals surface area contributed by atoms with E-state index in [4.69, 9.17) is 5.73 Å². The fourth-order valence-corrected chi connectivity index (χ4v) is 2.27. The number of aliphatic hydroxyl groups excluding tert-OH is 1. The van der Waals surface area contributed by atoms with Crippen molar-refractivity contribution < 1.29 is 9.90 Å². The average Bonchev–Trinajstić information content (AvgIpc) is 2.53. The van der Waals surface area contributed by atoms with Gasteiger partial charge in [-0.25, -0.2) is 0 Å². The van der Waals surface area contributed by atoms with Crippen molar-refractivity contribution in [3.63, 3.8) is 0 Å². The molecule has 0 fully saturated rings. The van der Waals surface area contributed by atoms with Crippen LogP contribution in [0.4, 0.5) is 0 Å². The number of nitrogens with two attached hydrogens (primary N) is 1. The third-order valence-corrected chi connectivity index (χ3v) is 3.60. The van der Waals surface area contributed by atoms with Gasteiger partial charge in [0.2, 0.25) is 0 Å². The molecule has 0 spiro atoms. The molecule has 0 saturated carbocycles. The summed E-state index contributed by atoms with van der Waals surface area (Å²) in [5.74, 6) is -0.357. The molecule has 6 heteroatoms. The SMILES string of the molecule is CCc1cccc(CNCC(O)CNC(=O)/C(N)=C/SC)c1. The number of aryl methyl sites for hydroxylation is 1. The van der Waals surface area contributed by atoms with Crippen molar-refractivity contribution in [2.24, 2.45) is 5.73 Å². The van der Waals surface area contributed by atoms with Gasteiger partial charge >= 0.3 is 0 Å². The Morgan fingerprint density at radius 2 is 2.14 bits per heavy atom. The van der Waals surface area contributed by atoms with Crippen molar-refractivity contribution >= 4 is 17.7 Å². The number of nitrogens with one attached hydrogen (secondary N) is 2. The number of aliphatic hydroxyl groups is 1. The predicted octanol–water partition coefficient (Wildman–Crippen LogP) is 0.979. The maximum absolute atomic E-state index is 11.6. The van der Waals surface area contributed by atoms with Crippen LogP contribution in [-0.4, -0.2) is 36.5 Å². The number of amides is 1. The summed E-state index contributed by atoms with van der Waals surface area (Å²) < 4.78 is 0. The van der Waals surface area contributed by atoms with E-state index in [1.54, 1.807) is 5.41 Å². The lowest BCUT2D eigenvalue weighted by atomic mass is 10.1. The molecule has 0 radical (unpaired) electrons. The second-order valence-corrected chi connectivity index (χ2v) is 5.68. The molecule has 1 aromatic carbocycles. The first-order valence-corrected chi connectivity index (χ1v) is 8.58. The molecule has 1 atom stereocenters. The van der Waals surface area contributed by atoms with Crippen LogP contribution in [0.15, 0.2) is 35.4 Å². The van der Waals surface area contributed by atoms with Crippen LogP contribution in [0.1, 0.15) is 18.1 Å². The van der Waals surface area contributed by atoms with Gasteiger partial charge in [-0.05, 0) is 29.2 Å². The number of hydrogen-bond acceptors (Lipinski definition) is 5. The fourth-order valence-electron chi connectivity index (χ4n) is 1.91. The van der Waals surface area contributed by atoms with Gasteiger partial charge in [-0.15, -0.1) is 11.8 Å². The minimum absolute atomic E-state index is 0.157. The van der Waals surface area contributed by atoms with Crippen molar-refractivity contribution in [1.82, 2.24) is 10.6 Å². The van der Waals surface area contributed by atoms with Gasteiger partial charge < -0.3 is 21.5 Å². The lowest BCUT2D eigenvalue weighted by Gasteiger charge is -2.13. The van der Waals surface area contributed by atoms with Crippen molar-refractivity contribution in [2.45, 2.75) is 26.0 Å². The first kappa shape index (κ1) is 18.5. The van der Waals surface area contributed by atoms with E-state index in [2.05, 4.69) is 29.7 Å². The van der Waals surface area contributed by atoms with Gasteiger partial charge in [-0.1, -0.05) is 31.2 Å². The molecular formula is C16H25N3O2S. The second-order valence-electron chi connectivity index (χ2n) is 4.98. The predicted molar refractivity (Wildman–Crippen MR) is 92.3 cm³/mol. The highest BCUT2D eigenvalue weighted by molar-refractivity contribution is 8.01. The van der Waals surface area contributed by atoms with Gasteiger partial charge in [0.15, 0.2) is 0 Å². The number of rotatable bonds is 9. The molecule has 0 bridgehead atoms. The molecule has 0 aliphatic heterocycles. The van der Waals surface area contributed by atoms with Gasteiger partial charge in [-0.3, -0.25) is 4.79 Å². The Hall–Kier alpha value is -1.50. The molecule has 0 aliphatic carbocycles. The van der Waals surface area contributed by atoms with Crippen LogP contribution in [0, 0.1) is 0 Å². The summed E-state index contributed by atoms with van der Waals surface area (Å²) >= 11 is 1.36. The van der Waals surface area contributed by atoms with Crippen LogP contribution >= 0.6 is 11.8 Å². The van der Waals surface area contributed by atoms with Crippen molar-refractivity contribution in [3.8, 4) is 0 Å². The van der Waals surface area contributed by atoms with Gasteiger partial charge in [0.1, 0.15) is 5.70 Å². The normalized spacial score (nSPS) is 13.0. The molecule has 1 aromatic rings. The molecular weight excluding hydrogens is 298 g/mol. The summed E-state index contributed by atoms with van der Waals surface area (Å²) in [5, 5.41) is 17.2. The summed E-state index contributed by atoms with van der Waals surface area (Å²) in [6.07, 6.45) is 2.18. The molecule has 5 N–H and O–H groups in total. The number of hydrogen-bond donors (Lipinski definition) is 4.